The number of carbonyl (C=O) groups is 2. The number of piperidine rings is 2. The van der Waals surface area contributed by atoms with Crippen molar-refractivity contribution < 1.29 is 14.3 Å². The minimum Gasteiger partial charge on any atom is -0.365 e. The van der Waals surface area contributed by atoms with Crippen LogP contribution in [0.4, 0.5) is 0 Å². The van der Waals surface area contributed by atoms with E-state index in [1.54, 1.807) is 6.20 Å². The van der Waals surface area contributed by atoms with E-state index in [1.807, 2.05) is 29.0 Å². The fourth-order valence-corrected chi connectivity index (χ4v) is 4.99. The Bertz CT molecular complexity index is 707. The van der Waals surface area contributed by atoms with E-state index in [0.29, 0.717) is 13.0 Å². The summed E-state index contributed by atoms with van der Waals surface area (Å²) in [5.74, 6) is 0.417. The molecule has 6 nitrogen and oxygen atoms in total. The highest BCUT2D eigenvalue weighted by Crippen LogP contribution is 2.41. The predicted octanol–water partition coefficient (Wildman–Crippen LogP) is 2.42. The van der Waals surface area contributed by atoms with E-state index >= 15 is 0 Å². The molecule has 3 saturated heterocycles. The summed E-state index contributed by atoms with van der Waals surface area (Å²) >= 11 is 0. The van der Waals surface area contributed by atoms with Crippen LogP contribution in [-0.4, -0.2) is 65.0 Å². The topological polar surface area (TPSA) is 62.7 Å². The van der Waals surface area contributed by atoms with Gasteiger partial charge in [0.15, 0.2) is 0 Å². The van der Waals surface area contributed by atoms with E-state index in [0.717, 1.165) is 64.7 Å². The predicted molar refractivity (Wildman–Crippen MR) is 106 cm³/mol. The van der Waals surface area contributed by atoms with Gasteiger partial charge in [0.2, 0.25) is 5.91 Å². The van der Waals surface area contributed by atoms with Gasteiger partial charge in [-0.2, -0.15) is 0 Å². The summed E-state index contributed by atoms with van der Waals surface area (Å²) in [6.45, 7) is 5.76. The number of hydrogen-bond acceptors (Lipinski definition) is 4. The van der Waals surface area contributed by atoms with Crippen molar-refractivity contribution in [2.24, 2.45) is 5.41 Å². The van der Waals surface area contributed by atoms with Gasteiger partial charge in [-0.05, 0) is 62.5 Å². The highest BCUT2D eigenvalue weighted by atomic mass is 16.5. The number of ether oxygens (including phenoxy) is 1. The van der Waals surface area contributed by atoms with Crippen molar-refractivity contribution in [2.75, 3.05) is 32.8 Å². The third-order valence-electron chi connectivity index (χ3n) is 6.92. The zero-order chi connectivity index (χ0) is 19.6. The molecule has 0 saturated carbocycles. The molecule has 28 heavy (non-hydrogen) atoms. The Morgan fingerprint density at radius 2 is 2.07 bits per heavy atom. The molecule has 152 valence electrons. The van der Waals surface area contributed by atoms with Crippen LogP contribution in [0.5, 0.6) is 0 Å². The lowest BCUT2D eigenvalue weighted by Gasteiger charge is -2.48. The molecule has 0 N–H and O–H groups in total. The van der Waals surface area contributed by atoms with Crippen LogP contribution < -0.4 is 0 Å². The standard InChI is InChI=1S/C22H31N3O3/c1-21(7-3-15-28-21)20(27)24-13-9-22(10-14-24)8-5-19(26)25(17-22)12-6-18-4-2-11-23-16-18/h2,4,11,16H,3,5-10,12-15,17H2,1H3. The maximum absolute atomic E-state index is 12.9. The van der Waals surface area contributed by atoms with Gasteiger partial charge in [0.1, 0.15) is 5.60 Å². The van der Waals surface area contributed by atoms with Gasteiger partial charge in [0.05, 0.1) is 0 Å². The average molecular weight is 386 g/mol. The van der Waals surface area contributed by atoms with Gasteiger partial charge in [0.25, 0.3) is 5.91 Å². The maximum atomic E-state index is 12.9. The Hall–Kier alpha value is -1.95. The normalized spacial score (nSPS) is 27.4. The van der Waals surface area contributed by atoms with Gasteiger partial charge in [-0.25, -0.2) is 0 Å². The number of carbonyl (C=O) groups excluding carboxylic acids is 2. The van der Waals surface area contributed by atoms with Gasteiger partial charge >= 0.3 is 0 Å². The lowest BCUT2D eigenvalue weighted by atomic mass is 9.72. The molecule has 2 amide bonds. The number of pyridine rings is 1. The van der Waals surface area contributed by atoms with Gasteiger partial charge in [-0.1, -0.05) is 6.07 Å². The molecule has 6 heteroatoms. The fraction of sp³-hybridized carbons (Fsp3) is 0.682. The van der Waals surface area contributed by atoms with E-state index in [2.05, 4.69) is 11.1 Å². The quantitative estimate of drug-likeness (QED) is 0.799. The average Bonchev–Trinajstić information content (AvgIpc) is 3.17. The van der Waals surface area contributed by atoms with E-state index in [1.165, 1.54) is 5.56 Å². The molecule has 0 radical (unpaired) electrons. The molecule has 1 unspecified atom stereocenters. The lowest BCUT2D eigenvalue weighted by molar-refractivity contribution is -0.155. The molecule has 4 heterocycles. The molecule has 1 spiro atoms. The number of amides is 2. The summed E-state index contributed by atoms with van der Waals surface area (Å²) in [4.78, 5) is 33.6. The molecule has 0 aromatic carbocycles. The molecule has 3 fully saturated rings. The van der Waals surface area contributed by atoms with Gasteiger partial charge in [-0.3, -0.25) is 14.6 Å². The highest BCUT2D eigenvalue weighted by Gasteiger charge is 2.45. The van der Waals surface area contributed by atoms with Crippen molar-refractivity contribution in [2.45, 2.75) is 57.5 Å². The van der Waals surface area contributed by atoms with Crippen molar-refractivity contribution in [3.8, 4) is 0 Å². The number of likely N-dealkylation sites (tertiary alicyclic amines) is 2. The van der Waals surface area contributed by atoms with E-state index in [-0.39, 0.29) is 17.2 Å². The van der Waals surface area contributed by atoms with Gasteiger partial charge in [-0.15, -0.1) is 0 Å². The summed E-state index contributed by atoms with van der Waals surface area (Å²) in [6, 6.07) is 4.00. The van der Waals surface area contributed by atoms with Crippen LogP contribution >= 0.6 is 0 Å². The smallest absolute Gasteiger partial charge is 0.254 e. The SMILES string of the molecule is CC1(C(=O)N2CCC3(CCC(=O)N(CCc4cccnc4)C3)CC2)CCCO1. The Balaban J connectivity index is 1.34. The molecule has 0 bridgehead atoms. The summed E-state index contributed by atoms with van der Waals surface area (Å²) in [5, 5.41) is 0. The minimum absolute atomic E-state index is 0.153. The molecule has 1 atom stereocenters. The van der Waals surface area contributed by atoms with Crippen LogP contribution in [0.2, 0.25) is 0 Å². The number of rotatable bonds is 4. The van der Waals surface area contributed by atoms with E-state index in [9.17, 15) is 9.59 Å². The van der Waals surface area contributed by atoms with Crippen LogP contribution in [0.25, 0.3) is 0 Å². The summed E-state index contributed by atoms with van der Waals surface area (Å²) in [5.41, 5.74) is 0.708. The Kier molecular flexibility index (Phi) is 5.41. The molecule has 3 aliphatic rings. The van der Waals surface area contributed by atoms with Crippen molar-refractivity contribution >= 4 is 11.8 Å². The Labute approximate surface area is 167 Å². The van der Waals surface area contributed by atoms with Gasteiger partial charge in [0, 0.05) is 51.6 Å². The third-order valence-corrected chi connectivity index (χ3v) is 6.92. The lowest BCUT2D eigenvalue weighted by Crippen LogP contribution is -2.55. The number of nitrogens with zero attached hydrogens (tertiary/aromatic N) is 3. The minimum atomic E-state index is -0.622. The van der Waals surface area contributed by atoms with Crippen molar-refractivity contribution in [3.63, 3.8) is 0 Å². The molecular formula is C22H31N3O3. The third kappa shape index (κ3) is 3.93. The highest BCUT2D eigenvalue weighted by molar-refractivity contribution is 5.85. The molecule has 1 aromatic heterocycles. The second-order valence-electron chi connectivity index (χ2n) is 8.90. The summed E-state index contributed by atoms with van der Waals surface area (Å²) < 4.78 is 5.75. The number of aromatic nitrogens is 1. The van der Waals surface area contributed by atoms with Crippen LogP contribution in [0.1, 0.15) is 51.0 Å². The van der Waals surface area contributed by atoms with Crippen molar-refractivity contribution in [1.29, 1.82) is 0 Å². The van der Waals surface area contributed by atoms with E-state index < -0.39 is 5.60 Å². The van der Waals surface area contributed by atoms with E-state index in [4.69, 9.17) is 4.74 Å². The van der Waals surface area contributed by atoms with Crippen LogP contribution in [0.15, 0.2) is 24.5 Å². The first-order valence-corrected chi connectivity index (χ1v) is 10.6. The van der Waals surface area contributed by atoms with Crippen molar-refractivity contribution in [3.05, 3.63) is 30.1 Å². The zero-order valence-electron chi connectivity index (χ0n) is 16.9. The Morgan fingerprint density at radius 1 is 1.25 bits per heavy atom. The molecule has 1 aromatic rings. The first kappa shape index (κ1) is 19.4. The second kappa shape index (κ2) is 7.82. The maximum Gasteiger partial charge on any atom is 0.254 e. The molecule has 3 aliphatic heterocycles. The van der Waals surface area contributed by atoms with Gasteiger partial charge < -0.3 is 14.5 Å². The first-order chi connectivity index (χ1) is 13.5. The Morgan fingerprint density at radius 3 is 2.75 bits per heavy atom. The largest absolute Gasteiger partial charge is 0.365 e. The first-order valence-electron chi connectivity index (χ1n) is 10.6. The second-order valence-corrected chi connectivity index (χ2v) is 8.90. The van der Waals surface area contributed by atoms with Crippen LogP contribution in [-0.2, 0) is 20.7 Å². The van der Waals surface area contributed by atoms with Crippen LogP contribution in [0, 0.1) is 5.41 Å². The van der Waals surface area contributed by atoms with Crippen LogP contribution in [0.3, 0.4) is 0 Å². The zero-order valence-corrected chi connectivity index (χ0v) is 16.9. The summed E-state index contributed by atoms with van der Waals surface area (Å²) in [7, 11) is 0. The monoisotopic (exact) mass is 385 g/mol. The van der Waals surface area contributed by atoms with Crippen molar-refractivity contribution in [1.82, 2.24) is 14.8 Å². The number of hydrogen-bond donors (Lipinski definition) is 0. The molecule has 4 rings (SSSR count). The summed E-state index contributed by atoms with van der Waals surface area (Å²) in [6.07, 6.45) is 9.81. The molecular weight excluding hydrogens is 354 g/mol. The fourth-order valence-electron chi connectivity index (χ4n) is 4.99. The molecule has 0 aliphatic carbocycles.